The number of carbonyl (C=O) groups is 1. The molecule has 128 valence electrons. The standard InChI is InChI=1S/C14H15Cl2N5O3/c1-8(6-17)7-18-14(22)12-2-3-20(19-12)13-10(15)4-9(21(23)24)5-11(13)16/h2-5,8H,6-7,17H2,1H3,(H,18,22). The van der Waals surface area contributed by atoms with E-state index in [4.69, 9.17) is 28.9 Å². The maximum Gasteiger partial charge on any atom is 0.272 e. The van der Waals surface area contributed by atoms with Crippen molar-refractivity contribution >= 4 is 34.8 Å². The second-order valence-electron chi connectivity index (χ2n) is 5.21. The van der Waals surface area contributed by atoms with Crippen molar-refractivity contribution in [2.45, 2.75) is 6.92 Å². The van der Waals surface area contributed by atoms with Crippen LogP contribution in [-0.2, 0) is 0 Å². The molecule has 3 N–H and O–H groups in total. The summed E-state index contributed by atoms with van der Waals surface area (Å²) >= 11 is 12.1. The Hall–Kier alpha value is -2.16. The lowest BCUT2D eigenvalue weighted by molar-refractivity contribution is -0.384. The maximum atomic E-state index is 12.0. The van der Waals surface area contributed by atoms with E-state index in [1.54, 1.807) is 0 Å². The first kappa shape index (κ1) is 18.2. The van der Waals surface area contributed by atoms with Crippen molar-refractivity contribution in [3.8, 4) is 5.69 Å². The molecule has 2 aromatic rings. The summed E-state index contributed by atoms with van der Waals surface area (Å²) < 4.78 is 1.30. The molecular weight excluding hydrogens is 357 g/mol. The van der Waals surface area contributed by atoms with Gasteiger partial charge >= 0.3 is 0 Å². The normalized spacial score (nSPS) is 12.0. The third kappa shape index (κ3) is 4.02. The third-order valence-electron chi connectivity index (χ3n) is 3.28. The Labute approximate surface area is 147 Å². The van der Waals surface area contributed by atoms with Crippen molar-refractivity contribution in [1.29, 1.82) is 0 Å². The minimum absolute atomic E-state index is 0.0565. The van der Waals surface area contributed by atoms with E-state index in [-0.39, 0.29) is 38.9 Å². The molecule has 0 spiro atoms. The SMILES string of the molecule is CC(CN)CNC(=O)c1ccn(-c2c(Cl)cc([N+](=O)[O-])cc2Cl)n1. The Morgan fingerprint density at radius 3 is 2.62 bits per heavy atom. The van der Waals surface area contributed by atoms with Gasteiger partial charge < -0.3 is 11.1 Å². The summed E-state index contributed by atoms with van der Waals surface area (Å²) in [6.07, 6.45) is 1.50. The number of nitro groups is 1. The molecule has 1 atom stereocenters. The Kier molecular flexibility index (Phi) is 5.76. The lowest BCUT2D eigenvalue weighted by Gasteiger charge is -2.09. The van der Waals surface area contributed by atoms with Gasteiger partial charge in [0, 0.05) is 24.9 Å². The molecule has 1 aromatic heterocycles. The predicted molar refractivity (Wildman–Crippen MR) is 90.8 cm³/mol. The van der Waals surface area contributed by atoms with Crippen LogP contribution in [0.1, 0.15) is 17.4 Å². The topological polar surface area (TPSA) is 116 Å². The quantitative estimate of drug-likeness (QED) is 0.597. The highest BCUT2D eigenvalue weighted by molar-refractivity contribution is 6.38. The molecule has 24 heavy (non-hydrogen) atoms. The number of hydrogen-bond donors (Lipinski definition) is 2. The smallest absolute Gasteiger partial charge is 0.272 e. The molecule has 0 radical (unpaired) electrons. The molecule has 0 aliphatic carbocycles. The van der Waals surface area contributed by atoms with E-state index in [1.807, 2.05) is 6.92 Å². The number of hydrogen-bond acceptors (Lipinski definition) is 5. The third-order valence-corrected chi connectivity index (χ3v) is 3.85. The highest BCUT2D eigenvalue weighted by Gasteiger charge is 2.18. The van der Waals surface area contributed by atoms with Crippen LogP contribution in [0.2, 0.25) is 10.0 Å². The number of benzene rings is 1. The average Bonchev–Trinajstić information content (AvgIpc) is 3.01. The fraction of sp³-hybridized carbons (Fsp3) is 0.286. The molecule has 0 fully saturated rings. The van der Waals surface area contributed by atoms with Gasteiger partial charge in [0.15, 0.2) is 5.69 Å². The first-order chi connectivity index (χ1) is 11.3. The highest BCUT2D eigenvalue weighted by Crippen LogP contribution is 2.32. The molecule has 8 nitrogen and oxygen atoms in total. The van der Waals surface area contributed by atoms with Crippen LogP contribution >= 0.6 is 23.2 Å². The fourth-order valence-electron chi connectivity index (χ4n) is 1.89. The zero-order valence-electron chi connectivity index (χ0n) is 12.7. The molecule has 1 amide bonds. The lowest BCUT2D eigenvalue weighted by Crippen LogP contribution is -2.31. The first-order valence-corrected chi connectivity index (χ1v) is 7.76. The van der Waals surface area contributed by atoms with Gasteiger partial charge in [0.2, 0.25) is 0 Å². The summed E-state index contributed by atoms with van der Waals surface area (Å²) in [5.41, 5.74) is 5.70. The van der Waals surface area contributed by atoms with E-state index in [9.17, 15) is 14.9 Å². The van der Waals surface area contributed by atoms with Crippen molar-refractivity contribution in [3.63, 3.8) is 0 Å². The van der Waals surface area contributed by atoms with Crippen LogP contribution in [0.25, 0.3) is 5.69 Å². The van der Waals surface area contributed by atoms with Crippen molar-refractivity contribution < 1.29 is 9.72 Å². The maximum absolute atomic E-state index is 12.0. The number of nitrogens with zero attached hydrogens (tertiary/aromatic N) is 3. The Morgan fingerprint density at radius 1 is 1.46 bits per heavy atom. The van der Waals surface area contributed by atoms with Crippen LogP contribution < -0.4 is 11.1 Å². The first-order valence-electron chi connectivity index (χ1n) is 7.01. The van der Waals surface area contributed by atoms with Gasteiger partial charge in [0.1, 0.15) is 5.69 Å². The van der Waals surface area contributed by atoms with Gasteiger partial charge in [0.05, 0.1) is 15.0 Å². The second kappa shape index (κ2) is 7.61. The van der Waals surface area contributed by atoms with Gasteiger partial charge in [-0.05, 0) is 18.5 Å². The Morgan fingerprint density at radius 2 is 2.08 bits per heavy atom. The van der Waals surface area contributed by atoms with Crippen LogP contribution in [0.4, 0.5) is 5.69 Å². The molecule has 1 aromatic carbocycles. The number of nitrogens with one attached hydrogen (secondary N) is 1. The van der Waals surface area contributed by atoms with E-state index in [0.29, 0.717) is 13.1 Å². The Balaban J connectivity index is 2.25. The number of halogens is 2. The van der Waals surface area contributed by atoms with E-state index in [1.165, 1.54) is 29.1 Å². The summed E-state index contributed by atoms with van der Waals surface area (Å²) in [7, 11) is 0. The number of non-ortho nitro benzene ring substituents is 1. The van der Waals surface area contributed by atoms with Crippen LogP contribution in [0, 0.1) is 16.0 Å². The van der Waals surface area contributed by atoms with E-state index in [0.717, 1.165) is 0 Å². The highest BCUT2D eigenvalue weighted by atomic mass is 35.5. The van der Waals surface area contributed by atoms with Crippen LogP contribution in [0.3, 0.4) is 0 Å². The van der Waals surface area contributed by atoms with Crippen molar-refractivity contribution in [2.24, 2.45) is 11.7 Å². The molecule has 10 heteroatoms. The molecule has 0 saturated carbocycles. The van der Waals surface area contributed by atoms with Gasteiger partial charge in [-0.15, -0.1) is 0 Å². The van der Waals surface area contributed by atoms with Gasteiger partial charge in [-0.1, -0.05) is 30.1 Å². The number of nitrogens with two attached hydrogens (primary N) is 1. The summed E-state index contributed by atoms with van der Waals surface area (Å²) in [4.78, 5) is 22.2. The van der Waals surface area contributed by atoms with Gasteiger partial charge in [-0.3, -0.25) is 14.9 Å². The average molecular weight is 372 g/mol. The summed E-state index contributed by atoms with van der Waals surface area (Å²) in [6.45, 7) is 2.80. The van der Waals surface area contributed by atoms with Gasteiger partial charge in [-0.2, -0.15) is 5.10 Å². The van der Waals surface area contributed by atoms with Crippen molar-refractivity contribution in [3.05, 3.63) is 50.2 Å². The number of nitro benzene ring substituents is 1. The summed E-state index contributed by atoms with van der Waals surface area (Å²) in [5, 5.41) is 17.7. The minimum atomic E-state index is -0.595. The zero-order valence-corrected chi connectivity index (χ0v) is 14.2. The number of amides is 1. The zero-order chi connectivity index (χ0) is 17.9. The van der Waals surface area contributed by atoms with E-state index < -0.39 is 4.92 Å². The Bertz CT molecular complexity index is 755. The lowest BCUT2D eigenvalue weighted by atomic mass is 10.2. The molecule has 2 rings (SSSR count). The number of rotatable bonds is 6. The molecule has 1 heterocycles. The van der Waals surface area contributed by atoms with Crippen LogP contribution in [-0.4, -0.2) is 33.7 Å². The molecule has 0 aliphatic rings. The molecule has 0 saturated heterocycles. The molecule has 0 bridgehead atoms. The predicted octanol–water partition coefficient (Wildman–Crippen LogP) is 2.41. The van der Waals surface area contributed by atoms with E-state index in [2.05, 4.69) is 10.4 Å². The van der Waals surface area contributed by atoms with Gasteiger partial charge in [0.25, 0.3) is 11.6 Å². The fourth-order valence-corrected chi connectivity index (χ4v) is 2.54. The van der Waals surface area contributed by atoms with E-state index >= 15 is 0 Å². The van der Waals surface area contributed by atoms with Crippen molar-refractivity contribution in [1.82, 2.24) is 15.1 Å². The molecule has 0 aliphatic heterocycles. The molecular formula is C14H15Cl2N5O3. The number of carbonyl (C=O) groups excluding carboxylic acids is 1. The summed E-state index contributed by atoms with van der Waals surface area (Å²) in [6, 6.07) is 3.84. The van der Waals surface area contributed by atoms with Gasteiger partial charge in [-0.25, -0.2) is 4.68 Å². The largest absolute Gasteiger partial charge is 0.350 e. The molecule has 1 unspecified atom stereocenters. The second-order valence-corrected chi connectivity index (χ2v) is 6.03. The minimum Gasteiger partial charge on any atom is -0.350 e. The van der Waals surface area contributed by atoms with Crippen LogP contribution in [0.5, 0.6) is 0 Å². The van der Waals surface area contributed by atoms with Crippen LogP contribution in [0.15, 0.2) is 24.4 Å². The monoisotopic (exact) mass is 371 g/mol. The summed E-state index contributed by atoms with van der Waals surface area (Å²) in [5.74, 6) is -0.210. The van der Waals surface area contributed by atoms with Crippen molar-refractivity contribution in [2.75, 3.05) is 13.1 Å². The number of aromatic nitrogens is 2.